The molecule has 0 aromatic carbocycles. The molecule has 6 nitrogen and oxygen atoms in total. The maximum Gasteiger partial charge on any atom is 0.306 e. The summed E-state index contributed by atoms with van der Waals surface area (Å²) in [4.78, 5) is 35.6. The fourth-order valence-electron chi connectivity index (χ4n) is 2.33. The SMILES string of the molecule is CCC(=O)OCC(=O)Nc1sc2c(c1C(N)=O)CCCC2. The number of carbonyl (C=O) groups is 3. The largest absolute Gasteiger partial charge is 0.456 e. The van der Waals surface area contributed by atoms with Crippen molar-refractivity contribution in [2.75, 3.05) is 11.9 Å². The van der Waals surface area contributed by atoms with Crippen LogP contribution in [0.2, 0.25) is 0 Å². The van der Waals surface area contributed by atoms with E-state index in [-0.39, 0.29) is 13.0 Å². The van der Waals surface area contributed by atoms with Gasteiger partial charge in [0.1, 0.15) is 5.00 Å². The number of nitrogens with two attached hydrogens (primary N) is 1. The Morgan fingerprint density at radius 3 is 2.67 bits per heavy atom. The summed E-state index contributed by atoms with van der Waals surface area (Å²) in [5.74, 6) is -1.43. The highest BCUT2D eigenvalue weighted by atomic mass is 32.1. The summed E-state index contributed by atoms with van der Waals surface area (Å²) in [7, 11) is 0. The number of rotatable bonds is 5. The lowest BCUT2D eigenvalue weighted by Gasteiger charge is -2.11. The molecule has 21 heavy (non-hydrogen) atoms. The van der Waals surface area contributed by atoms with Crippen molar-refractivity contribution in [2.24, 2.45) is 5.73 Å². The van der Waals surface area contributed by atoms with Crippen LogP contribution in [0.3, 0.4) is 0 Å². The molecule has 3 N–H and O–H groups in total. The number of esters is 1. The summed E-state index contributed by atoms with van der Waals surface area (Å²) < 4.78 is 4.77. The third kappa shape index (κ3) is 3.60. The van der Waals surface area contributed by atoms with E-state index >= 15 is 0 Å². The van der Waals surface area contributed by atoms with Crippen LogP contribution in [0.25, 0.3) is 0 Å². The van der Waals surface area contributed by atoms with E-state index in [2.05, 4.69) is 5.32 Å². The molecule has 0 aliphatic heterocycles. The number of anilines is 1. The van der Waals surface area contributed by atoms with Crippen molar-refractivity contribution in [2.45, 2.75) is 39.0 Å². The fraction of sp³-hybridized carbons (Fsp3) is 0.500. The molecule has 1 heterocycles. The van der Waals surface area contributed by atoms with Crippen molar-refractivity contribution >= 4 is 34.1 Å². The van der Waals surface area contributed by atoms with Crippen LogP contribution in [0.15, 0.2) is 0 Å². The number of fused-ring (bicyclic) bond motifs is 1. The van der Waals surface area contributed by atoms with Gasteiger partial charge in [0.2, 0.25) is 0 Å². The molecule has 0 atom stereocenters. The number of nitrogens with one attached hydrogen (secondary N) is 1. The standard InChI is InChI=1S/C14H18N2O4S/c1-2-11(18)20-7-10(17)16-14-12(13(15)19)8-5-3-4-6-9(8)21-14/h2-7H2,1H3,(H2,15,19)(H,16,17). The van der Waals surface area contributed by atoms with Gasteiger partial charge in [0.05, 0.1) is 5.56 Å². The lowest BCUT2D eigenvalue weighted by molar-refractivity contribution is -0.146. The van der Waals surface area contributed by atoms with Gasteiger partial charge >= 0.3 is 5.97 Å². The summed E-state index contributed by atoms with van der Waals surface area (Å²) in [5.41, 5.74) is 6.80. The Hall–Kier alpha value is -1.89. The van der Waals surface area contributed by atoms with Gasteiger partial charge in [-0.25, -0.2) is 0 Å². The van der Waals surface area contributed by atoms with Gasteiger partial charge in [-0.05, 0) is 31.2 Å². The van der Waals surface area contributed by atoms with Crippen molar-refractivity contribution < 1.29 is 19.1 Å². The van der Waals surface area contributed by atoms with Gasteiger partial charge in [-0.2, -0.15) is 0 Å². The number of carbonyl (C=O) groups excluding carboxylic acids is 3. The molecule has 114 valence electrons. The second-order valence-electron chi connectivity index (χ2n) is 4.84. The molecule has 1 aromatic heterocycles. The van der Waals surface area contributed by atoms with Crippen molar-refractivity contribution in [3.63, 3.8) is 0 Å². The van der Waals surface area contributed by atoms with E-state index in [9.17, 15) is 14.4 Å². The Labute approximate surface area is 126 Å². The van der Waals surface area contributed by atoms with Gasteiger partial charge in [-0.15, -0.1) is 11.3 Å². The van der Waals surface area contributed by atoms with Crippen molar-refractivity contribution in [1.29, 1.82) is 0 Å². The average Bonchev–Trinajstić information content (AvgIpc) is 2.82. The van der Waals surface area contributed by atoms with Crippen LogP contribution in [0.1, 0.15) is 47.0 Å². The van der Waals surface area contributed by atoms with Crippen LogP contribution in [0.4, 0.5) is 5.00 Å². The fourth-order valence-corrected chi connectivity index (χ4v) is 3.64. The minimum atomic E-state index is -0.532. The summed E-state index contributed by atoms with van der Waals surface area (Å²) in [6.07, 6.45) is 4.03. The van der Waals surface area contributed by atoms with E-state index in [4.69, 9.17) is 10.5 Å². The molecule has 0 unspecified atom stereocenters. The Kier molecular flexibility index (Phi) is 4.95. The first-order chi connectivity index (χ1) is 10.0. The summed E-state index contributed by atoms with van der Waals surface area (Å²) in [5, 5.41) is 3.09. The Balaban J connectivity index is 2.12. The topological polar surface area (TPSA) is 98.5 Å². The molecule has 1 aliphatic carbocycles. The predicted molar refractivity (Wildman–Crippen MR) is 79.4 cm³/mol. The molecule has 0 saturated carbocycles. The van der Waals surface area contributed by atoms with E-state index in [1.165, 1.54) is 11.3 Å². The summed E-state index contributed by atoms with van der Waals surface area (Å²) >= 11 is 1.39. The Morgan fingerprint density at radius 1 is 1.29 bits per heavy atom. The van der Waals surface area contributed by atoms with Gasteiger partial charge in [0.15, 0.2) is 6.61 Å². The molecule has 0 fully saturated rings. The van der Waals surface area contributed by atoms with Crippen LogP contribution in [0.5, 0.6) is 0 Å². The number of thiophene rings is 1. The van der Waals surface area contributed by atoms with Gasteiger partial charge < -0.3 is 15.8 Å². The third-order valence-corrected chi connectivity index (χ3v) is 4.53. The second-order valence-corrected chi connectivity index (χ2v) is 5.95. The molecule has 1 aliphatic rings. The smallest absolute Gasteiger partial charge is 0.306 e. The summed E-state index contributed by atoms with van der Waals surface area (Å²) in [6, 6.07) is 0. The van der Waals surface area contributed by atoms with Crippen molar-refractivity contribution in [3.05, 3.63) is 16.0 Å². The van der Waals surface area contributed by atoms with Gasteiger partial charge in [0, 0.05) is 11.3 Å². The molecular weight excluding hydrogens is 292 g/mol. The number of hydrogen-bond donors (Lipinski definition) is 2. The van der Waals surface area contributed by atoms with Gasteiger partial charge in [-0.1, -0.05) is 6.92 Å². The van der Waals surface area contributed by atoms with Crippen molar-refractivity contribution in [1.82, 2.24) is 0 Å². The zero-order valence-corrected chi connectivity index (χ0v) is 12.7. The normalized spacial score (nSPS) is 13.4. The molecule has 0 radical (unpaired) electrons. The highest BCUT2D eigenvalue weighted by molar-refractivity contribution is 7.17. The number of aryl methyl sites for hydroxylation is 1. The lowest BCUT2D eigenvalue weighted by Crippen LogP contribution is -2.22. The first-order valence-electron chi connectivity index (χ1n) is 6.92. The third-order valence-electron chi connectivity index (χ3n) is 3.32. The first kappa shape index (κ1) is 15.5. The molecule has 0 saturated heterocycles. The Morgan fingerprint density at radius 2 is 2.00 bits per heavy atom. The average molecular weight is 310 g/mol. The molecule has 0 bridgehead atoms. The first-order valence-corrected chi connectivity index (χ1v) is 7.74. The zero-order chi connectivity index (χ0) is 15.4. The van der Waals surface area contributed by atoms with Gasteiger partial charge in [0.25, 0.3) is 11.8 Å². The highest BCUT2D eigenvalue weighted by Gasteiger charge is 2.25. The number of primary amides is 1. The minimum Gasteiger partial charge on any atom is -0.456 e. The van der Waals surface area contributed by atoms with E-state index in [1.54, 1.807) is 6.92 Å². The number of ether oxygens (including phenoxy) is 1. The quantitative estimate of drug-likeness (QED) is 0.807. The number of amides is 2. The van der Waals surface area contributed by atoms with E-state index in [0.717, 1.165) is 36.1 Å². The molecule has 0 spiro atoms. The number of hydrogen-bond acceptors (Lipinski definition) is 5. The van der Waals surface area contributed by atoms with Crippen LogP contribution in [-0.4, -0.2) is 24.4 Å². The van der Waals surface area contributed by atoms with Crippen LogP contribution in [-0.2, 0) is 27.2 Å². The van der Waals surface area contributed by atoms with Crippen LogP contribution < -0.4 is 11.1 Å². The molecule has 1 aromatic rings. The van der Waals surface area contributed by atoms with E-state index in [1.807, 2.05) is 0 Å². The van der Waals surface area contributed by atoms with E-state index in [0.29, 0.717) is 10.6 Å². The molecule has 7 heteroatoms. The maximum atomic E-state index is 11.8. The second kappa shape index (κ2) is 6.71. The Bertz CT molecular complexity index is 580. The maximum absolute atomic E-state index is 11.8. The van der Waals surface area contributed by atoms with Crippen LogP contribution >= 0.6 is 11.3 Å². The highest BCUT2D eigenvalue weighted by Crippen LogP contribution is 2.37. The monoisotopic (exact) mass is 310 g/mol. The summed E-state index contributed by atoms with van der Waals surface area (Å²) in [6.45, 7) is 1.30. The molecule has 2 rings (SSSR count). The minimum absolute atomic E-state index is 0.215. The van der Waals surface area contributed by atoms with E-state index < -0.39 is 17.8 Å². The molecule has 2 amide bonds. The predicted octanol–water partition coefficient (Wildman–Crippen LogP) is 1.62. The van der Waals surface area contributed by atoms with Crippen LogP contribution in [0, 0.1) is 0 Å². The zero-order valence-electron chi connectivity index (χ0n) is 11.9. The van der Waals surface area contributed by atoms with Crippen molar-refractivity contribution in [3.8, 4) is 0 Å². The molecular formula is C14H18N2O4S. The lowest BCUT2D eigenvalue weighted by atomic mass is 9.95. The van der Waals surface area contributed by atoms with Gasteiger partial charge in [-0.3, -0.25) is 14.4 Å².